The highest BCUT2D eigenvalue weighted by molar-refractivity contribution is 6.17. The molecule has 0 aliphatic heterocycles. The zero-order chi connectivity index (χ0) is 10.0. The number of non-ortho nitro benzene ring substituents is 1. The number of aryl methyl sites for hydroxylation is 2. The summed E-state index contributed by atoms with van der Waals surface area (Å²) in [6, 6.07) is 3.09. The first kappa shape index (κ1) is 9.99. The second kappa shape index (κ2) is 3.75. The van der Waals surface area contributed by atoms with Crippen LogP contribution in [0.25, 0.3) is 0 Å². The maximum Gasteiger partial charge on any atom is 0.269 e. The van der Waals surface area contributed by atoms with Gasteiger partial charge in [-0.1, -0.05) is 0 Å². The van der Waals surface area contributed by atoms with Crippen molar-refractivity contribution in [3.8, 4) is 0 Å². The summed E-state index contributed by atoms with van der Waals surface area (Å²) in [5.74, 6) is 0.398. The molecule has 0 amide bonds. The van der Waals surface area contributed by atoms with Crippen LogP contribution in [0.4, 0.5) is 5.69 Å². The van der Waals surface area contributed by atoms with Crippen molar-refractivity contribution in [1.29, 1.82) is 0 Å². The normalized spacial score (nSPS) is 10.1. The molecule has 0 fully saturated rings. The Kier molecular flexibility index (Phi) is 2.88. The Balaban J connectivity index is 3.28. The molecule has 0 atom stereocenters. The van der Waals surface area contributed by atoms with Crippen molar-refractivity contribution in [2.24, 2.45) is 0 Å². The van der Waals surface area contributed by atoms with Gasteiger partial charge >= 0.3 is 0 Å². The summed E-state index contributed by atoms with van der Waals surface area (Å²) < 4.78 is 0. The number of halogens is 1. The van der Waals surface area contributed by atoms with Crippen molar-refractivity contribution < 1.29 is 4.92 Å². The number of nitro groups is 1. The minimum atomic E-state index is -0.391. The lowest BCUT2D eigenvalue weighted by Gasteiger charge is -2.05. The molecule has 1 rings (SSSR count). The van der Waals surface area contributed by atoms with E-state index in [-0.39, 0.29) is 5.69 Å². The number of rotatable bonds is 2. The number of benzene rings is 1. The largest absolute Gasteiger partial charge is 0.269 e. The van der Waals surface area contributed by atoms with Crippen LogP contribution in [0.3, 0.4) is 0 Å². The van der Waals surface area contributed by atoms with Gasteiger partial charge in [-0.3, -0.25) is 10.1 Å². The van der Waals surface area contributed by atoms with Gasteiger partial charge in [0.25, 0.3) is 5.69 Å². The van der Waals surface area contributed by atoms with Gasteiger partial charge in [0.2, 0.25) is 0 Å². The summed E-state index contributed by atoms with van der Waals surface area (Å²) in [6.07, 6.45) is 0. The molecule has 1 aromatic carbocycles. The van der Waals surface area contributed by atoms with Crippen molar-refractivity contribution in [3.05, 3.63) is 38.9 Å². The first-order valence-electron chi connectivity index (χ1n) is 3.86. The monoisotopic (exact) mass is 199 g/mol. The molecule has 13 heavy (non-hydrogen) atoms. The van der Waals surface area contributed by atoms with Gasteiger partial charge in [0, 0.05) is 18.0 Å². The SMILES string of the molecule is Cc1cc([N+](=O)[O-])cc(C)c1CCl. The van der Waals surface area contributed by atoms with Crippen LogP contribution in [-0.2, 0) is 5.88 Å². The van der Waals surface area contributed by atoms with E-state index >= 15 is 0 Å². The summed E-state index contributed by atoms with van der Waals surface area (Å²) in [5.41, 5.74) is 2.86. The third-order valence-corrected chi connectivity index (χ3v) is 2.29. The van der Waals surface area contributed by atoms with E-state index in [1.54, 1.807) is 12.1 Å². The molecule has 1 aromatic rings. The molecule has 0 aliphatic carbocycles. The Morgan fingerprint density at radius 1 is 1.38 bits per heavy atom. The minimum Gasteiger partial charge on any atom is -0.258 e. The van der Waals surface area contributed by atoms with E-state index in [0.29, 0.717) is 5.88 Å². The van der Waals surface area contributed by atoms with Gasteiger partial charge in [-0.2, -0.15) is 0 Å². The fourth-order valence-electron chi connectivity index (χ4n) is 1.29. The number of hydrogen-bond donors (Lipinski definition) is 0. The van der Waals surface area contributed by atoms with E-state index in [1.807, 2.05) is 13.8 Å². The summed E-state index contributed by atoms with van der Waals surface area (Å²) in [5, 5.41) is 10.5. The molecule has 0 bridgehead atoms. The van der Waals surface area contributed by atoms with Crippen molar-refractivity contribution in [2.45, 2.75) is 19.7 Å². The average molecular weight is 200 g/mol. The molecular formula is C9H10ClNO2. The van der Waals surface area contributed by atoms with E-state index in [1.165, 1.54) is 0 Å². The highest BCUT2D eigenvalue weighted by Crippen LogP contribution is 2.22. The molecule has 70 valence electrons. The molecule has 0 aromatic heterocycles. The number of nitrogens with zero attached hydrogens (tertiary/aromatic N) is 1. The molecule has 0 aliphatic rings. The third kappa shape index (κ3) is 1.98. The molecule has 0 heterocycles. The molecule has 0 saturated heterocycles. The fraction of sp³-hybridized carbons (Fsp3) is 0.333. The van der Waals surface area contributed by atoms with Gasteiger partial charge in [0.05, 0.1) is 4.92 Å². The van der Waals surface area contributed by atoms with E-state index in [0.717, 1.165) is 16.7 Å². The topological polar surface area (TPSA) is 43.1 Å². The Morgan fingerprint density at radius 3 is 2.15 bits per heavy atom. The van der Waals surface area contributed by atoms with Crippen molar-refractivity contribution in [3.63, 3.8) is 0 Å². The molecule has 0 spiro atoms. The van der Waals surface area contributed by atoms with E-state index in [4.69, 9.17) is 11.6 Å². The van der Waals surface area contributed by atoms with Crippen molar-refractivity contribution in [1.82, 2.24) is 0 Å². The van der Waals surface area contributed by atoms with Crippen molar-refractivity contribution >= 4 is 17.3 Å². The van der Waals surface area contributed by atoms with Crippen LogP contribution < -0.4 is 0 Å². The number of nitro benzene ring substituents is 1. The Hall–Kier alpha value is -1.09. The molecule has 0 unspecified atom stereocenters. The molecule has 3 nitrogen and oxygen atoms in total. The maximum absolute atomic E-state index is 10.5. The fourth-order valence-corrected chi connectivity index (χ4v) is 1.71. The second-order valence-corrected chi connectivity index (χ2v) is 3.22. The number of hydrogen-bond acceptors (Lipinski definition) is 2. The Morgan fingerprint density at radius 2 is 1.85 bits per heavy atom. The van der Waals surface area contributed by atoms with Gasteiger partial charge < -0.3 is 0 Å². The summed E-state index contributed by atoms with van der Waals surface area (Å²) >= 11 is 5.70. The van der Waals surface area contributed by atoms with Crippen LogP contribution >= 0.6 is 11.6 Å². The maximum atomic E-state index is 10.5. The van der Waals surface area contributed by atoms with E-state index in [2.05, 4.69) is 0 Å². The Labute approximate surface area is 81.5 Å². The molecule has 0 saturated carbocycles. The lowest BCUT2D eigenvalue weighted by molar-refractivity contribution is -0.385. The van der Waals surface area contributed by atoms with Crippen LogP contribution in [0, 0.1) is 24.0 Å². The van der Waals surface area contributed by atoms with Crippen LogP contribution in [0.1, 0.15) is 16.7 Å². The first-order chi connectivity index (χ1) is 6.06. The predicted molar refractivity (Wildman–Crippen MR) is 52.1 cm³/mol. The summed E-state index contributed by atoms with van der Waals surface area (Å²) in [4.78, 5) is 10.1. The lowest BCUT2D eigenvalue weighted by atomic mass is 10.0. The van der Waals surface area contributed by atoms with Crippen LogP contribution in [0.5, 0.6) is 0 Å². The molecule has 4 heteroatoms. The van der Waals surface area contributed by atoms with Gasteiger partial charge in [0.15, 0.2) is 0 Å². The highest BCUT2D eigenvalue weighted by Gasteiger charge is 2.10. The standard InChI is InChI=1S/C9H10ClNO2/c1-6-3-8(11(12)13)4-7(2)9(6)5-10/h3-4H,5H2,1-2H3. The van der Waals surface area contributed by atoms with Crippen LogP contribution in [-0.4, -0.2) is 4.92 Å². The van der Waals surface area contributed by atoms with Crippen molar-refractivity contribution in [2.75, 3.05) is 0 Å². The van der Waals surface area contributed by atoms with Gasteiger partial charge in [0.1, 0.15) is 0 Å². The number of alkyl halides is 1. The highest BCUT2D eigenvalue weighted by atomic mass is 35.5. The predicted octanol–water partition coefficient (Wildman–Crippen LogP) is 2.95. The quantitative estimate of drug-likeness (QED) is 0.418. The zero-order valence-electron chi connectivity index (χ0n) is 7.50. The smallest absolute Gasteiger partial charge is 0.258 e. The Bertz CT molecular complexity index is 326. The van der Waals surface area contributed by atoms with Crippen LogP contribution in [0.15, 0.2) is 12.1 Å². The first-order valence-corrected chi connectivity index (χ1v) is 4.40. The molecular weight excluding hydrogens is 190 g/mol. The summed E-state index contributed by atoms with van der Waals surface area (Å²) in [7, 11) is 0. The molecule has 0 N–H and O–H groups in total. The second-order valence-electron chi connectivity index (χ2n) is 2.95. The minimum absolute atomic E-state index is 0.129. The van der Waals surface area contributed by atoms with E-state index < -0.39 is 4.92 Å². The van der Waals surface area contributed by atoms with Gasteiger partial charge in [-0.15, -0.1) is 11.6 Å². The molecule has 0 radical (unpaired) electrons. The average Bonchev–Trinajstić information content (AvgIpc) is 2.03. The van der Waals surface area contributed by atoms with Crippen LogP contribution in [0.2, 0.25) is 0 Å². The third-order valence-electron chi connectivity index (χ3n) is 2.03. The van der Waals surface area contributed by atoms with E-state index in [9.17, 15) is 10.1 Å². The van der Waals surface area contributed by atoms with Gasteiger partial charge in [-0.05, 0) is 30.5 Å². The zero-order valence-corrected chi connectivity index (χ0v) is 8.26. The lowest BCUT2D eigenvalue weighted by Crippen LogP contribution is -1.95. The summed E-state index contributed by atoms with van der Waals surface area (Å²) in [6.45, 7) is 3.66. The van der Waals surface area contributed by atoms with Gasteiger partial charge in [-0.25, -0.2) is 0 Å².